The molecular formula is C12H27NO4. The summed E-state index contributed by atoms with van der Waals surface area (Å²) in [6.45, 7) is 6.70. The topological polar surface area (TPSA) is 70.8 Å². The van der Waals surface area contributed by atoms with Gasteiger partial charge in [-0.05, 0) is 19.3 Å². The van der Waals surface area contributed by atoms with Gasteiger partial charge >= 0.3 is 0 Å². The largest absolute Gasteiger partial charge is 0.385 e. The zero-order valence-corrected chi connectivity index (χ0v) is 11.4. The molecule has 0 unspecified atom stereocenters. The van der Waals surface area contributed by atoms with E-state index in [2.05, 4.69) is 0 Å². The van der Waals surface area contributed by atoms with Crippen molar-refractivity contribution in [1.29, 1.82) is 0 Å². The highest BCUT2D eigenvalue weighted by molar-refractivity contribution is 5.74. The lowest BCUT2D eigenvalue weighted by molar-refractivity contribution is -0.122. The first-order valence-electron chi connectivity index (χ1n) is 6.20. The minimum absolute atomic E-state index is 0.00611. The third-order valence-corrected chi connectivity index (χ3v) is 1.71. The minimum atomic E-state index is -0.435. The van der Waals surface area contributed by atoms with Gasteiger partial charge in [0.25, 0.3) is 0 Å². The van der Waals surface area contributed by atoms with Crippen molar-refractivity contribution in [1.82, 2.24) is 0 Å². The van der Waals surface area contributed by atoms with E-state index in [0.717, 1.165) is 32.5 Å². The van der Waals surface area contributed by atoms with Crippen LogP contribution in [0.15, 0.2) is 0 Å². The van der Waals surface area contributed by atoms with Crippen LogP contribution < -0.4 is 5.73 Å². The number of ether oxygens (including phenoxy) is 3. The minimum Gasteiger partial charge on any atom is -0.385 e. The molecular weight excluding hydrogens is 222 g/mol. The zero-order chi connectivity index (χ0) is 13.4. The maximum Gasteiger partial charge on any atom is 0.243 e. The summed E-state index contributed by atoms with van der Waals surface area (Å²) in [5.74, 6) is -0.435. The number of carbonyl (C=O) groups is 1. The van der Waals surface area contributed by atoms with Crippen LogP contribution in [-0.4, -0.2) is 46.1 Å². The average molecular weight is 249 g/mol. The molecule has 0 saturated carbocycles. The van der Waals surface area contributed by atoms with Gasteiger partial charge in [-0.2, -0.15) is 0 Å². The zero-order valence-electron chi connectivity index (χ0n) is 11.4. The van der Waals surface area contributed by atoms with E-state index < -0.39 is 5.91 Å². The molecule has 104 valence electrons. The molecule has 0 radical (unpaired) electrons. The molecule has 5 heteroatoms. The van der Waals surface area contributed by atoms with Gasteiger partial charge in [0.05, 0.1) is 0 Å². The maximum absolute atomic E-state index is 10.3. The Hall–Kier alpha value is -0.650. The van der Waals surface area contributed by atoms with Crippen molar-refractivity contribution in [3.05, 3.63) is 0 Å². The fourth-order valence-corrected chi connectivity index (χ4v) is 0.988. The van der Waals surface area contributed by atoms with Crippen molar-refractivity contribution in [2.24, 2.45) is 5.73 Å². The lowest BCUT2D eigenvalue weighted by atomic mass is 10.3. The SMILES string of the molecule is CC.COCCCCOCCCOCC(N)=O. The Kier molecular flexibility index (Phi) is 19.5. The van der Waals surface area contributed by atoms with Crippen molar-refractivity contribution < 1.29 is 19.0 Å². The first-order chi connectivity index (χ1) is 8.27. The van der Waals surface area contributed by atoms with Gasteiger partial charge in [-0.1, -0.05) is 13.8 Å². The normalized spacial score (nSPS) is 9.59. The van der Waals surface area contributed by atoms with Crippen LogP contribution in [0.2, 0.25) is 0 Å². The Morgan fingerprint density at radius 1 is 0.941 bits per heavy atom. The fraction of sp³-hybridized carbons (Fsp3) is 0.917. The fourth-order valence-electron chi connectivity index (χ4n) is 0.988. The van der Waals surface area contributed by atoms with Crippen LogP contribution >= 0.6 is 0 Å². The third kappa shape index (κ3) is 21.2. The summed E-state index contributed by atoms with van der Waals surface area (Å²) in [5, 5.41) is 0. The number of nitrogens with two attached hydrogens (primary N) is 1. The Balaban J connectivity index is 0. The molecule has 0 bridgehead atoms. The molecule has 0 saturated heterocycles. The summed E-state index contributed by atoms with van der Waals surface area (Å²) < 4.78 is 15.2. The third-order valence-electron chi connectivity index (χ3n) is 1.71. The lowest BCUT2D eigenvalue weighted by Crippen LogP contribution is -2.18. The van der Waals surface area contributed by atoms with E-state index in [0.29, 0.717) is 13.2 Å². The summed E-state index contributed by atoms with van der Waals surface area (Å²) in [4.78, 5) is 10.3. The summed E-state index contributed by atoms with van der Waals surface area (Å²) in [7, 11) is 1.69. The molecule has 1 amide bonds. The van der Waals surface area contributed by atoms with Gasteiger partial charge in [0.1, 0.15) is 6.61 Å². The summed E-state index contributed by atoms with van der Waals surface area (Å²) in [6, 6.07) is 0. The second-order valence-corrected chi connectivity index (χ2v) is 3.18. The van der Waals surface area contributed by atoms with Crippen LogP contribution in [-0.2, 0) is 19.0 Å². The molecule has 0 rings (SSSR count). The van der Waals surface area contributed by atoms with Crippen molar-refractivity contribution in [3.63, 3.8) is 0 Å². The Bertz CT molecular complexity index is 153. The molecule has 0 atom stereocenters. The Morgan fingerprint density at radius 2 is 1.47 bits per heavy atom. The summed E-state index contributed by atoms with van der Waals surface area (Å²) in [5.41, 5.74) is 4.89. The van der Waals surface area contributed by atoms with Gasteiger partial charge in [0.15, 0.2) is 0 Å². The first kappa shape index (κ1) is 18.7. The highest BCUT2D eigenvalue weighted by Gasteiger charge is 1.94. The number of amides is 1. The van der Waals surface area contributed by atoms with Gasteiger partial charge in [0, 0.05) is 33.5 Å². The van der Waals surface area contributed by atoms with Crippen LogP contribution in [0.3, 0.4) is 0 Å². The molecule has 0 aliphatic carbocycles. The number of rotatable bonds is 11. The van der Waals surface area contributed by atoms with Crippen LogP contribution in [0.5, 0.6) is 0 Å². The molecule has 0 heterocycles. The Labute approximate surface area is 105 Å². The number of primary amides is 1. The number of carbonyl (C=O) groups excluding carboxylic acids is 1. The van der Waals surface area contributed by atoms with E-state index in [4.69, 9.17) is 19.9 Å². The molecule has 0 aromatic rings. The monoisotopic (exact) mass is 249 g/mol. The molecule has 2 N–H and O–H groups in total. The standard InChI is InChI=1S/C10H21NO4.C2H6/c1-13-5-2-3-6-14-7-4-8-15-9-10(11)12;1-2/h2-9H2,1H3,(H2,11,12);1-2H3. The van der Waals surface area contributed by atoms with Gasteiger partial charge in [0.2, 0.25) is 5.91 Å². The van der Waals surface area contributed by atoms with E-state index in [-0.39, 0.29) is 6.61 Å². The molecule has 0 fully saturated rings. The van der Waals surface area contributed by atoms with Gasteiger partial charge < -0.3 is 19.9 Å². The Morgan fingerprint density at radius 3 is 2.06 bits per heavy atom. The van der Waals surface area contributed by atoms with Crippen LogP contribution in [0.4, 0.5) is 0 Å². The number of unbranched alkanes of at least 4 members (excludes halogenated alkanes) is 1. The number of methoxy groups -OCH3 is 1. The van der Waals surface area contributed by atoms with Crippen LogP contribution in [0, 0.1) is 0 Å². The molecule has 0 aliphatic rings. The maximum atomic E-state index is 10.3. The van der Waals surface area contributed by atoms with Gasteiger partial charge in [-0.15, -0.1) is 0 Å². The molecule has 0 spiro atoms. The van der Waals surface area contributed by atoms with Crippen LogP contribution in [0.25, 0.3) is 0 Å². The van der Waals surface area contributed by atoms with Crippen molar-refractivity contribution >= 4 is 5.91 Å². The molecule has 0 aliphatic heterocycles. The summed E-state index contributed by atoms with van der Waals surface area (Å²) >= 11 is 0. The molecule has 17 heavy (non-hydrogen) atoms. The highest BCUT2D eigenvalue weighted by atomic mass is 16.5. The molecule has 0 aromatic carbocycles. The first-order valence-corrected chi connectivity index (χ1v) is 6.20. The second-order valence-electron chi connectivity index (χ2n) is 3.18. The van der Waals surface area contributed by atoms with Crippen molar-refractivity contribution in [2.75, 3.05) is 40.1 Å². The van der Waals surface area contributed by atoms with E-state index in [9.17, 15) is 4.79 Å². The van der Waals surface area contributed by atoms with E-state index in [1.165, 1.54) is 0 Å². The molecule has 5 nitrogen and oxygen atoms in total. The van der Waals surface area contributed by atoms with E-state index in [1.54, 1.807) is 7.11 Å². The summed E-state index contributed by atoms with van der Waals surface area (Å²) in [6.07, 6.45) is 2.82. The average Bonchev–Trinajstić information content (AvgIpc) is 2.34. The van der Waals surface area contributed by atoms with E-state index >= 15 is 0 Å². The van der Waals surface area contributed by atoms with E-state index in [1.807, 2.05) is 13.8 Å². The second kappa shape index (κ2) is 17.7. The predicted molar refractivity (Wildman–Crippen MR) is 67.9 cm³/mol. The predicted octanol–water partition coefficient (Wildman–Crippen LogP) is 1.35. The van der Waals surface area contributed by atoms with Crippen molar-refractivity contribution in [2.45, 2.75) is 33.1 Å². The lowest BCUT2D eigenvalue weighted by Gasteiger charge is -2.04. The number of hydrogen-bond donors (Lipinski definition) is 1. The molecule has 0 aromatic heterocycles. The van der Waals surface area contributed by atoms with Crippen molar-refractivity contribution in [3.8, 4) is 0 Å². The quantitative estimate of drug-likeness (QED) is 0.561. The van der Waals surface area contributed by atoms with Gasteiger partial charge in [-0.25, -0.2) is 0 Å². The smallest absolute Gasteiger partial charge is 0.243 e. The highest BCUT2D eigenvalue weighted by Crippen LogP contribution is 1.92. The number of hydrogen-bond acceptors (Lipinski definition) is 4. The van der Waals surface area contributed by atoms with Gasteiger partial charge in [-0.3, -0.25) is 4.79 Å². The van der Waals surface area contributed by atoms with Crippen LogP contribution in [0.1, 0.15) is 33.1 Å².